The van der Waals surface area contributed by atoms with E-state index in [4.69, 9.17) is 9.47 Å². The van der Waals surface area contributed by atoms with Crippen molar-refractivity contribution in [2.75, 3.05) is 13.7 Å². The van der Waals surface area contributed by atoms with Crippen molar-refractivity contribution in [1.82, 2.24) is 0 Å². The topological polar surface area (TPSA) is 35.5 Å². The van der Waals surface area contributed by atoms with E-state index in [1.54, 1.807) is 7.11 Å². The van der Waals surface area contributed by atoms with Gasteiger partial charge in [-0.3, -0.25) is 4.79 Å². The second-order valence-electron chi connectivity index (χ2n) is 5.92. The molecule has 0 N–H and O–H groups in total. The Morgan fingerprint density at radius 3 is 2.29 bits per heavy atom. The Morgan fingerprint density at radius 1 is 1.14 bits per heavy atom. The van der Waals surface area contributed by atoms with Crippen LogP contribution in [0.2, 0.25) is 0 Å². The van der Waals surface area contributed by atoms with E-state index >= 15 is 0 Å². The van der Waals surface area contributed by atoms with Gasteiger partial charge in [-0.25, -0.2) is 0 Å². The van der Waals surface area contributed by atoms with Crippen molar-refractivity contribution >= 4 is 5.97 Å². The molecule has 0 aromatic heterocycles. The predicted octanol–water partition coefficient (Wildman–Crippen LogP) is 4.44. The van der Waals surface area contributed by atoms with Crippen LogP contribution in [0, 0.1) is 0 Å². The fourth-order valence-electron chi connectivity index (χ4n) is 2.41. The zero-order valence-corrected chi connectivity index (χ0v) is 14.2. The SMILES string of the molecule is CCOC(=O)CCc1cc(C(C)C)cc(C(C)C)c1OC. The van der Waals surface area contributed by atoms with Crippen LogP contribution in [0.15, 0.2) is 12.1 Å². The molecule has 0 unspecified atom stereocenters. The summed E-state index contributed by atoms with van der Waals surface area (Å²) in [6.45, 7) is 10.9. The Morgan fingerprint density at radius 2 is 1.81 bits per heavy atom. The number of ether oxygens (including phenoxy) is 2. The molecule has 3 heteroatoms. The third-order valence-electron chi connectivity index (χ3n) is 3.61. The number of rotatable bonds is 7. The van der Waals surface area contributed by atoms with Crippen molar-refractivity contribution in [3.8, 4) is 5.75 Å². The van der Waals surface area contributed by atoms with Crippen LogP contribution in [0.25, 0.3) is 0 Å². The minimum absolute atomic E-state index is 0.152. The van der Waals surface area contributed by atoms with E-state index < -0.39 is 0 Å². The molecule has 0 aliphatic carbocycles. The number of hydrogen-bond acceptors (Lipinski definition) is 3. The monoisotopic (exact) mass is 292 g/mol. The first kappa shape index (κ1) is 17.5. The standard InChI is InChI=1S/C18H28O3/c1-7-21-17(19)9-8-14-10-15(12(2)3)11-16(13(4)5)18(14)20-6/h10-13H,7-9H2,1-6H3. The van der Waals surface area contributed by atoms with Crippen molar-refractivity contribution < 1.29 is 14.3 Å². The molecule has 0 atom stereocenters. The second-order valence-corrected chi connectivity index (χ2v) is 5.92. The van der Waals surface area contributed by atoms with E-state index in [2.05, 4.69) is 39.8 Å². The number of hydrogen-bond donors (Lipinski definition) is 0. The van der Waals surface area contributed by atoms with Crippen LogP contribution in [0.5, 0.6) is 5.75 Å². The summed E-state index contributed by atoms with van der Waals surface area (Å²) in [4.78, 5) is 11.6. The summed E-state index contributed by atoms with van der Waals surface area (Å²) < 4.78 is 10.6. The summed E-state index contributed by atoms with van der Waals surface area (Å²) in [6, 6.07) is 4.39. The molecule has 0 fully saturated rings. The first-order valence-electron chi connectivity index (χ1n) is 7.76. The molecular formula is C18H28O3. The lowest BCUT2D eigenvalue weighted by Gasteiger charge is -2.19. The fourth-order valence-corrected chi connectivity index (χ4v) is 2.41. The van der Waals surface area contributed by atoms with Gasteiger partial charge in [0.15, 0.2) is 0 Å². The van der Waals surface area contributed by atoms with Crippen molar-refractivity contribution in [3.05, 3.63) is 28.8 Å². The summed E-state index contributed by atoms with van der Waals surface area (Å²) in [5, 5.41) is 0. The molecule has 0 heterocycles. The molecule has 1 aromatic carbocycles. The zero-order valence-electron chi connectivity index (χ0n) is 14.2. The number of aryl methyl sites for hydroxylation is 1. The van der Waals surface area contributed by atoms with Gasteiger partial charge < -0.3 is 9.47 Å². The van der Waals surface area contributed by atoms with E-state index in [0.717, 1.165) is 11.3 Å². The highest BCUT2D eigenvalue weighted by Crippen LogP contribution is 2.34. The third-order valence-corrected chi connectivity index (χ3v) is 3.61. The largest absolute Gasteiger partial charge is 0.496 e. The minimum atomic E-state index is -0.152. The molecule has 118 valence electrons. The average Bonchev–Trinajstić information content (AvgIpc) is 2.43. The Kier molecular flexibility index (Phi) is 6.73. The van der Waals surface area contributed by atoms with E-state index in [9.17, 15) is 4.79 Å². The van der Waals surface area contributed by atoms with Crippen LogP contribution >= 0.6 is 0 Å². The first-order valence-corrected chi connectivity index (χ1v) is 7.76. The maximum atomic E-state index is 11.6. The molecule has 0 aliphatic heterocycles. The van der Waals surface area contributed by atoms with Gasteiger partial charge in [-0.05, 0) is 41.9 Å². The number of carbonyl (C=O) groups is 1. The number of carbonyl (C=O) groups excluding carboxylic acids is 1. The van der Waals surface area contributed by atoms with Gasteiger partial charge in [-0.1, -0.05) is 39.8 Å². The fraction of sp³-hybridized carbons (Fsp3) is 0.611. The lowest BCUT2D eigenvalue weighted by atomic mass is 9.90. The molecule has 3 nitrogen and oxygen atoms in total. The van der Waals surface area contributed by atoms with Gasteiger partial charge in [-0.15, -0.1) is 0 Å². The molecule has 0 saturated carbocycles. The molecular weight excluding hydrogens is 264 g/mol. The molecule has 0 spiro atoms. The lowest BCUT2D eigenvalue weighted by molar-refractivity contribution is -0.143. The van der Waals surface area contributed by atoms with Gasteiger partial charge >= 0.3 is 5.97 Å². The van der Waals surface area contributed by atoms with Crippen LogP contribution in [-0.4, -0.2) is 19.7 Å². The van der Waals surface area contributed by atoms with Gasteiger partial charge in [0.1, 0.15) is 5.75 Å². The molecule has 1 rings (SSSR count). The number of esters is 1. The highest BCUT2D eigenvalue weighted by atomic mass is 16.5. The molecule has 0 saturated heterocycles. The third kappa shape index (κ3) is 4.76. The molecule has 1 aromatic rings. The first-order chi connectivity index (χ1) is 9.90. The van der Waals surface area contributed by atoms with Crippen molar-refractivity contribution in [1.29, 1.82) is 0 Å². The number of benzene rings is 1. The van der Waals surface area contributed by atoms with Crippen LogP contribution < -0.4 is 4.74 Å². The summed E-state index contributed by atoms with van der Waals surface area (Å²) in [7, 11) is 1.70. The van der Waals surface area contributed by atoms with Crippen molar-refractivity contribution in [2.24, 2.45) is 0 Å². The Hall–Kier alpha value is -1.51. The average molecular weight is 292 g/mol. The summed E-state index contributed by atoms with van der Waals surface area (Å²) >= 11 is 0. The van der Waals surface area contributed by atoms with E-state index in [1.807, 2.05) is 6.92 Å². The Labute approximate surface area is 128 Å². The smallest absolute Gasteiger partial charge is 0.306 e. The van der Waals surface area contributed by atoms with Gasteiger partial charge in [0.25, 0.3) is 0 Å². The molecule has 0 bridgehead atoms. The second kappa shape index (κ2) is 8.06. The molecule has 0 amide bonds. The van der Waals surface area contributed by atoms with E-state index in [1.165, 1.54) is 11.1 Å². The van der Waals surface area contributed by atoms with Crippen LogP contribution in [0.1, 0.15) is 69.6 Å². The van der Waals surface area contributed by atoms with Crippen LogP contribution in [0.4, 0.5) is 0 Å². The van der Waals surface area contributed by atoms with Gasteiger partial charge in [0.2, 0.25) is 0 Å². The minimum Gasteiger partial charge on any atom is -0.496 e. The van der Waals surface area contributed by atoms with E-state index in [0.29, 0.717) is 31.3 Å². The molecule has 21 heavy (non-hydrogen) atoms. The molecule has 0 aliphatic rings. The van der Waals surface area contributed by atoms with Crippen LogP contribution in [0.3, 0.4) is 0 Å². The predicted molar refractivity (Wildman–Crippen MR) is 86.1 cm³/mol. The van der Waals surface area contributed by atoms with Gasteiger partial charge in [0, 0.05) is 6.42 Å². The maximum absolute atomic E-state index is 11.6. The van der Waals surface area contributed by atoms with Crippen molar-refractivity contribution in [3.63, 3.8) is 0 Å². The summed E-state index contributed by atoms with van der Waals surface area (Å²) in [5.74, 6) is 1.61. The highest BCUT2D eigenvalue weighted by molar-refractivity contribution is 5.70. The lowest BCUT2D eigenvalue weighted by Crippen LogP contribution is -2.08. The summed E-state index contributed by atoms with van der Waals surface area (Å²) in [6.07, 6.45) is 1.05. The zero-order chi connectivity index (χ0) is 16.0. The molecule has 0 radical (unpaired) electrons. The maximum Gasteiger partial charge on any atom is 0.306 e. The number of methoxy groups -OCH3 is 1. The summed E-state index contributed by atoms with van der Waals surface area (Å²) in [5.41, 5.74) is 3.60. The normalized spacial score (nSPS) is 11.0. The van der Waals surface area contributed by atoms with Crippen molar-refractivity contribution in [2.45, 2.75) is 59.3 Å². The highest BCUT2D eigenvalue weighted by Gasteiger charge is 2.16. The van der Waals surface area contributed by atoms with Gasteiger partial charge in [0.05, 0.1) is 13.7 Å². The Balaban J connectivity index is 3.12. The Bertz CT molecular complexity index is 476. The van der Waals surface area contributed by atoms with Gasteiger partial charge in [-0.2, -0.15) is 0 Å². The quantitative estimate of drug-likeness (QED) is 0.697. The van der Waals surface area contributed by atoms with Crippen LogP contribution in [-0.2, 0) is 16.0 Å². The van der Waals surface area contributed by atoms with E-state index in [-0.39, 0.29) is 5.97 Å².